The lowest BCUT2D eigenvalue weighted by atomic mass is 9.76. The molecule has 3 fully saturated rings. The molecule has 0 aromatic carbocycles. The number of carbonyl (C=O) groups excluding carboxylic acids is 1. The highest BCUT2D eigenvalue weighted by Gasteiger charge is 2.51. The molecule has 1 spiro atoms. The van der Waals surface area contributed by atoms with Crippen LogP contribution in [-0.2, 0) is 9.59 Å². The van der Waals surface area contributed by atoms with Crippen molar-refractivity contribution in [3.63, 3.8) is 0 Å². The zero-order valence-corrected chi connectivity index (χ0v) is 15.4. The maximum atomic E-state index is 12.5. The third kappa shape index (κ3) is 3.38. The zero-order chi connectivity index (χ0) is 19.2. The van der Waals surface area contributed by atoms with Crippen molar-refractivity contribution in [2.75, 3.05) is 37.4 Å². The first-order valence-corrected chi connectivity index (χ1v) is 9.38. The third-order valence-corrected chi connectivity index (χ3v) is 6.07. The van der Waals surface area contributed by atoms with Gasteiger partial charge in [-0.25, -0.2) is 4.79 Å². The van der Waals surface area contributed by atoms with E-state index in [4.69, 9.17) is 10.5 Å². The summed E-state index contributed by atoms with van der Waals surface area (Å²) in [5, 5.41) is 9.62. The molecule has 0 radical (unpaired) electrons. The smallest absolute Gasteiger partial charge is 0.326 e. The van der Waals surface area contributed by atoms with Crippen molar-refractivity contribution in [2.24, 2.45) is 11.3 Å². The van der Waals surface area contributed by atoms with Crippen molar-refractivity contribution < 1.29 is 19.4 Å². The summed E-state index contributed by atoms with van der Waals surface area (Å²) in [6.45, 7) is 2.01. The number of ether oxygens (including phenoxy) is 1. The normalized spacial score (nSPS) is 24.3. The molecule has 3 aliphatic rings. The standard InChI is InChI=1S/C18H25N5O4/c1-27-14-8-13(20-17(19)21-14)22-6-4-18(5-7-22)9-12(16(25)26)23(10-18)15(24)11-2-3-11/h8,11-12H,2-7,9-10H2,1H3,(H,25,26)(H2,19,20,21). The van der Waals surface area contributed by atoms with Crippen LogP contribution in [0.4, 0.5) is 11.8 Å². The molecule has 1 atom stereocenters. The number of hydrogen-bond acceptors (Lipinski definition) is 7. The van der Waals surface area contributed by atoms with Gasteiger partial charge in [0, 0.05) is 31.6 Å². The van der Waals surface area contributed by atoms with Crippen molar-refractivity contribution in [3.05, 3.63) is 6.07 Å². The zero-order valence-electron chi connectivity index (χ0n) is 15.4. The molecule has 2 saturated heterocycles. The molecule has 4 rings (SSSR count). The van der Waals surface area contributed by atoms with Crippen molar-refractivity contribution in [3.8, 4) is 5.88 Å². The average molecular weight is 375 g/mol. The second kappa shape index (κ2) is 6.54. The van der Waals surface area contributed by atoms with Crippen LogP contribution in [-0.4, -0.2) is 64.6 Å². The van der Waals surface area contributed by atoms with Crippen LogP contribution in [0.2, 0.25) is 0 Å². The van der Waals surface area contributed by atoms with Crippen LogP contribution in [0.15, 0.2) is 6.07 Å². The topological polar surface area (TPSA) is 122 Å². The molecule has 3 N–H and O–H groups in total. The first kappa shape index (κ1) is 17.8. The summed E-state index contributed by atoms with van der Waals surface area (Å²) in [5.74, 6) is 0.474. The Morgan fingerprint density at radius 1 is 1.30 bits per heavy atom. The number of nitrogen functional groups attached to an aromatic ring is 1. The predicted octanol–water partition coefficient (Wildman–Crippen LogP) is 0.750. The van der Waals surface area contributed by atoms with E-state index in [0.29, 0.717) is 24.7 Å². The average Bonchev–Trinajstić information content (AvgIpc) is 3.43. The van der Waals surface area contributed by atoms with Crippen LogP contribution in [0.3, 0.4) is 0 Å². The van der Waals surface area contributed by atoms with E-state index in [9.17, 15) is 14.7 Å². The first-order chi connectivity index (χ1) is 12.9. The van der Waals surface area contributed by atoms with E-state index in [0.717, 1.165) is 38.8 Å². The van der Waals surface area contributed by atoms with Crippen LogP contribution in [0.25, 0.3) is 0 Å². The molecule has 9 nitrogen and oxygen atoms in total. The molecule has 3 heterocycles. The molecule has 146 valence electrons. The molecule has 1 aromatic heterocycles. The number of aliphatic carboxylic acids is 1. The Morgan fingerprint density at radius 3 is 2.59 bits per heavy atom. The number of nitrogens with two attached hydrogens (primary N) is 1. The number of methoxy groups -OCH3 is 1. The van der Waals surface area contributed by atoms with E-state index >= 15 is 0 Å². The summed E-state index contributed by atoms with van der Waals surface area (Å²) in [5.41, 5.74) is 5.62. The SMILES string of the molecule is COc1cc(N2CCC3(CC2)CC(C(=O)O)N(C(=O)C2CC2)C3)nc(N)n1. The van der Waals surface area contributed by atoms with Gasteiger partial charge in [0.15, 0.2) is 0 Å². The highest BCUT2D eigenvalue weighted by atomic mass is 16.5. The fourth-order valence-electron chi connectivity index (χ4n) is 4.34. The van der Waals surface area contributed by atoms with Crippen molar-refractivity contribution >= 4 is 23.6 Å². The lowest BCUT2D eigenvalue weighted by Crippen LogP contribution is -2.43. The Bertz CT molecular complexity index is 758. The van der Waals surface area contributed by atoms with Crippen molar-refractivity contribution in [1.29, 1.82) is 0 Å². The number of rotatable bonds is 4. The largest absolute Gasteiger partial charge is 0.481 e. The predicted molar refractivity (Wildman–Crippen MR) is 97.4 cm³/mol. The molecule has 2 aliphatic heterocycles. The van der Waals surface area contributed by atoms with Crippen LogP contribution >= 0.6 is 0 Å². The van der Waals surface area contributed by atoms with Gasteiger partial charge in [-0.15, -0.1) is 0 Å². The number of hydrogen-bond donors (Lipinski definition) is 2. The molecule has 1 aliphatic carbocycles. The minimum Gasteiger partial charge on any atom is -0.481 e. The summed E-state index contributed by atoms with van der Waals surface area (Å²) >= 11 is 0. The Morgan fingerprint density at radius 2 is 2.00 bits per heavy atom. The van der Waals surface area contributed by atoms with E-state index in [-0.39, 0.29) is 23.2 Å². The quantitative estimate of drug-likeness (QED) is 0.790. The molecule has 1 saturated carbocycles. The number of carboxylic acid groups (broad SMARTS) is 1. The van der Waals surface area contributed by atoms with Crippen LogP contribution in [0.1, 0.15) is 32.1 Å². The number of anilines is 2. The molecule has 1 aromatic rings. The first-order valence-electron chi connectivity index (χ1n) is 9.38. The number of carbonyl (C=O) groups is 2. The number of nitrogens with zero attached hydrogens (tertiary/aromatic N) is 4. The van der Waals surface area contributed by atoms with E-state index in [2.05, 4.69) is 14.9 Å². The number of amides is 1. The highest BCUT2D eigenvalue weighted by Crippen LogP contribution is 2.46. The molecule has 1 amide bonds. The van der Waals surface area contributed by atoms with Gasteiger partial charge in [0.05, 0.1) is 7.11 Å². The highest BCUT2D eigenvalue weighted by molar-refractivity contribution is 5.87. The number of aromatic nitrogens is 2. The van der Waals surface area contributed by atoms with E-state index in [1.165, 1.54) is 7.11 Å². The van der Waals surface area contributed by atoms with Gasteiger partial charge in [0.1, 0.15) is 11.9 Å². The summed E-state index contributed by atoms with van der Waals surface area (Å²) < 4.78 is 5.16. The maximum Gasteiger partial charge on any atom is 0.326 e. The van der Waals surface area contributed by atoms with Gasteiger partial charge < -0.3 is 25.4 Å². The second-order valence-corrected chi connectivity index (χ2v) is 7.91. The van der Waals surface area contributed by atoms with E-state index < -0.39 is 12.0 Å². The molecule has 27 heavy (non-hydrogen) atoms. The summed E-state index contributed by atoms with van der Waals surface area (Å²) in [6.07, 6.45) is 3.94. The fourth-order valence-corrected chi connectivity index (χ4v) is 4.34. The van der Waals surface area contributed by atoms with Gasteiger partial charge in [0.2, 0.25) is 17.7 Å². The monoisotopic (exact) mass is 375 g/mol. The third-order valence-electron chi connectivity index (χ3n) is 6.07. The molecule has 9 heteroatoms. The van der Waals surface area contributed by atoms with Crippen LogP contribution < -0.4 is 15.4 Å². The number of likely N-dealkylation sites (tertiary alicyclic amines) is 1. The van der Waals surface area contributed by atoms with Gasteiger partial charge >= 0.3 is 5.97 Å². The summed E-state index contributed by atoms with van der Waals surface area (Å²) in [6, 6.07) is 1.06. The molecule has 0 bridgehead atoms. The fraction of sp³-hybridized carbons (Fsp3) is 0.667. The van der Waals surface area contributed by atoms with Crippen LogP contribution in [0, 0.1) is 11.3 Å². The molecular formula is C18H25N5O4. The van der Waals surface area contributed by atoms with Crippen molar-refractivity contribution in [2.45, 2.75) is 38.1 Å². The van der Waals surface area contributed by atoms with Crippen molar-refractivity contribution in [1.82, 2.24) is 14.9 Å². The Hall–Kier alpha value is -2.58. The maximum absolute atomic E-state index is 12.5. The Kier molecular flexibility index (Phi) is 4.32. The van der Waals surface area contributed by atoms with Gasteiger partial charge in [-0.3, -0.25) is 4.79 Å². The minimum absolute atomic E-state index is 0.0232. The number of carboxylic acids is 1. The van der Waals surface area contributed by atoms with Crippen LogP contribution in [0.5, 0.6) is 5.88 Å². The van der Waals surface area contributed by atoms with Gasteiger partial charge in [-0.1, -0.05) is 0 Å². The lowest BCUT2D eigenvalue weighted by molar-refractivity contribution is -0.148. The summed E-state index contributed by atoms with van der Waals surface area (Å²) in [4.78, 5) is 36.3. The van der Waals surface area contributed by atoms with E-state index in [1.54, 1.807) is 11.0 Å². The van der Waals surface area contributed by atoms with Gasteiger partial charge in [0.25, 0.3) is 0 Å². The van der Waals surface area contributed by atoms with E-state index in [1.807, 2.05) is 0 Å². The Labute approximate surface area is 157 Å². The second-order valence-electron chi connectivity index (χ2n) is 7.91. The van der Waals surface area contributed by atoms with Gasteiger partial charge in [-0.2, -0.15) is 9.97 Å². The minimum atomic E-state index is -0.892. The molecule has 1 unspecified atom stereocenters. The lowest BCUT2D eigenvalue weighted by Gasteiger charge is -2.39. The Balaban J connectivity index is 1.47. The summed E-state index contributed by atoms with van der Waals surface area (Å²) in [7, 11) is 1.53. The number of piperidine rings is 1. The van der Waals surface area contributed by atoms with Gasteiger partial charge in [-0.05, 0) is 37.5 Å². The molecular weight excluding hydrogens is 350 g/mol.